The van der Waals surface area contributed by atoms with E-state index in [1.165, 1.54) is 16.7 Å². The molecule has 0 bridgehead atoms. The number of nitrogen functional groups attached to an aromatic ring is 1. The number of hydrogen-bond donors (Lipinski definition) is 1. The Morgan fingerprint density at radius 3 is 2.47 bits per heavy atom. The molecule has 146 valence electrons. The third-order valence-corrected chi connectivity index (χ3v) is 5.20. The largest absolute Gasteiger partial charge is 0.397 e. The molecule has 2 aromatic carbocycles. The Bertz CT molecular complexity index is 1200. The summed E-state index contributed by atoms with van der Waals surface area (Å²) in [5, 5.41) is 7.04. The van der Waals surface area contributed by atoms with Crippen molar-refractivity contribution in [2.24, 2.45) is 5.10 Å². The van der Waals surface area contributed by atoms with Crippen LogP contribution in [0.3, 0.4) is 0 Å². The van der Waals surface area contributed by atoms with E-state index in [0.29, 0.717) is 18.8 Å². The van der Waals surface area contributed by atoms with Gasteiger partial charge in [0.1, 0.15) is 0 Å². The molecule has 30 heavy (non-hydrogen) atoms. The summed E-state index contributed by atoms with van der Waals surface area (Å²) >= 11 is 0. The second-order valence-corrected chi connectivity index (χ2v) is 7.30. The number of nitrogens with zero attached hydrogens (tertiary/aromatic N) is 4. The van der Waals surface area contributed by atoms with Gasteiger partial charge in [-0.15, -0.1) is 0 Å². The van der Waals surface area contributed by atoms with Crippen molar-refractivity contribution in [3.05, 3.63) is 114 Å². The molecule has 4 aromatic rings. The molecule has 2 aromatic heterocycles. The monoisotopic (exact) mass is 391 g/mol. The highest BCUT2D eigenvalue weighted by Crippen LogP contribution is 2.32. The molecule has 0 atom stereocenters. The van der Waals surface area contributed by atoms with Gasteiger partial charge < -0.3 is 5.73 Å². The molecule has 0 saturated heterocycles. The fourth-order valence-electron chi connectivity index (χ4n) is 3.85. The highest BCUT2D eigenvalue weighted by Gasteiger charge is 2.24. The molecule has 3 heterocycles. The first-order valence-corrected chi connectivity index (χ1v) is 9.90. The normalized spacial score (nSPS) is 12.9. The summed E-state index contributed by atoms with van der Waals surface area (Å²) in [6.45, 7) is 1.33. The van der Waals surface area contributed by atoms with E-state index in [1.54, 1.807) is 6.20 Å². The minimum absolute atomic E-state index is 0.623. The van der Waals surface area contributed by atoms with Crippen LogP contribution in [0, 0.1) is 0 Å². The van der Waals surface area contributed by atoms with E-state index in [2.05, 4.69) is 57.4 Å². The van der Waals surface area contributed by atoms with Crippen LogP contribution in [0.15, 0.2) is 96.5 Å². The van der Waals surface area contributed by atoms with Crippen LogP contribution in [0.4, 0.5) is 5.69 Å². The van der Waals surface area contributed by atoms with Gasteiger partial charge in [0.2, 0.25) is 0 Å². The lowest BCUT2D eigenvalue weighted by molar-refractivity contribution is 0.263. The summed E-state index contributed by atoms with van der Waals surface area (Å²) < 4.78 is 0. The molecule has 5 heteroatoms. The van der Waals surface area contributed by atoms with E-state index in [1.807, 2.05) is 42.7 Å². The summed E-state index contributed by atoms with van der Waals surface area (Å²) in [6.07, 6.45) is 5.29. The van der Waals surface area contributed by atoms with Crippen molar-refractivity contribution in [1.29, 1.82) is 0 Å². The lowest BCUT2D eigenvalue weighted by Gasteiger charge is -2.29. The Hall–Kier alpha value is -3.99. The van der Waals surface area contributed by atoms with Gasteiger partial charge in [0.05, 0.1) is 30.2 Å². The van der Waals surface area contributed by atoms with Gasteiger partial charge in [0.25, 0.3) is 0 Å². The predicted octanol–water partition coefficient (Wildman–Crippen LogP) is 4.49. The molecule has 0 spiro atoms. The Morgan fingerprint density at radius 2 is 1.67 bits per heavy atom. The average Bonchev–Trinajstić information content (AvgIpc) is 2.79. The maximum atomic E-state index is 6.02. The lowest BCUT2D eigenvalue weighted by Crippen LogP contribution is -2.27. The number of fused-ring (bicyclic) bond motifs is 1. The lowest BCUT2D eigenvalue weighted by atomic mass is 9.90. The zero-order valence-electron chi connectivity index (χ0n) is 16.4. The third-order valence-electron chi connectivity index (χ3n) is 5.20. The van der Waals surface area contributed by atoms with Gasteiger partial charge in [-0.2, -0.15) is 5.10 Å². The molecule has 0 aliphatic carbocycles. The van der Waals surface area contributed by atoms with Crippen LogP contribution in [0.1, 0.15) is 22.4 Å². The summed E-state index contributed by atoms with van der Waals surface area (Å²) in [7, 11) is 0. The fraction of sp³-hybridized carbons (Fsp3) is 0.0800. The number of hydrogen-bond acceptors (Lipinski definition) is 5. The first-order valence-electron chi connectivity index (χ1n) is 9.90. The number of nitrogens with two attached hydrogens (primary N) is 1. The van der Waals surface area contributed by atoms with Crippen LogP contribution in [0.25, 0.3) is 11.1 Å². The molecular formula is C25H21N5. The van der Waals surface area contributed by atoms with Crippen LogP contribution < -0.4 is 5.73 Å². The molecule has 1 aliphatic rings. The van der Waals surface area contributed by atoms with E-state index in [0.717, 1.165) is 22.5 Å². The van der Waals surface area contributed by atoms with Gasteiger partial charge in [-0.05, 0) is 34.9 Å². The van der Waals surface area contributed by atoms with E-state index < -0.39 is 0 Å². The number of rotatable bonds is 4. The van der Waals surface area contributed by atoms with Crippen molar-refractivity contribution in [3.63, 3.8) is 0 Å². The van der Waals surface area contributed by atoms with Gasteiger partial charge in [-0.3, -0.25) is 15.0 Å². The second-order valence-electron chi connectivity index (χ2n) is 7.30. The van der Waals surface area contributed by atoms with Gasteiger partial charge in [0.15, 0.2) is 0 Å². The van der Waals surface area contributed by atoms with Gasteiger partial charge in [-0.1, -0.05) is 54.6 Å². The van der Waals surface area contributed by atoms with Gasteiger partial charge >= 0.3 is 0 Å². The van der Waals surface area contributed by atoms with Crippen molar-refractivity contribution in [3.8, 4) is 11.1 Å². The highest BCUT2D eigenvalue weighted by molar-refractivity contribution is 6.15. The fourth-order valence-corrected chi connectivity index (χ4v) is 3.85. The average molecular weight is 391 g/mol. The molecular weight excluding hydrogens is 370 g/mol. The molecule has 0 unspecified atom stereocenters. The van der Waals surface area contributed by atoms with Crippen LogP contribution in [-0.4, -0.2) is 20.7 Å². The summed E-state index contributed by atoms with van der Waals surface area (Å²) in [5.41, 5.74) is 14.2. The van der Waals surface area contributed by atoms with E-state index >= 15 is 0 Å². The maximum Gasteiger partial charge on any atom is 0.0996 e. The zero-order chi connectivity index (χ0) is 20.3. The second kappa shape index (κ2) is 7.79. The number of pyridine rings is 2. The molecule has 0 saturated carbocycles. The topological polar surface area (TPSA) is 67.4 Å². The number of hydrazone groups is 1. The van der Waals surface area contributed by atoms with Crippen LogP contribution in [0.2, 0.25) is 0 Å². The SMILES string of the molecule is Nc1cncc(C2=NN(Cc3ccccn3)Cc3c2cccc3-c2ccccc2)c1. The molecule has 0 radical (unpaired) electrons. The van der Waals surface area contributed by atoms with Crippen molar-refractivity contribution in [2.75, 3.05) is 5.73 Å². The van der Waals surface area contributed by atoms with Crippen molar-refractivity contribution in [1.82, 2.24) is 15.0 Å². The van der Waals surface area contributed by atoms with E-state index in [4.69, 9.17) is 10.8 Å². The molecule has 0 fully saturated rings. The number of benzene rings is 2. The van der Waals surface area contributed by atoms with Crippen LogP contribution in [0.5, 0.6) is 0 Å². The Balaban J connectivity index is 1.65. The van der Waals surface area contributed by atoms with Gasteiger partial charge in [0, 0.05) is 29.7 Å². The van der Waals surface area contributed by atoms with Crippen LogP contribution in [-0.2, 0) is 13.1 Å². The molecule has 5 rings (SSSR count). The quantitative estimate of drug-likeness (QED) is 0.556. The minimum Gasteiger partial charge on any atom is -0.397 e. The van der Waals surface area contributed by atoms with E-state index in [-0.39, 0.29) is 0 Å². The number of aromatic nitrogens is 2. The summed E-state index contributed by atoms with van der Waals surface area (Å²) in [5.74, 6) is 0. The van der Waals surface area contributed by atoms with Crippen LogP contribution >= 0.6 is 0 Å². The Labute approximate surface area is 175 Å². The van der Waals surface area contributed by atoms with Crippen molar-refractivity contribution < 1.29 is 0 Å². The van der Waals surface area contributed by atoms with E-state index in [9.17, 15) is 0 Å². The Kier molecular flexibility index (Phi) is 4.69. The molecule has 5 nitrogen and oxygen atoms in total. The van der Waals surface area contributed by atoms with Crippen molar-refractivity contribution >= 4 is 11.4 Å². The molecule has 1 aliphatic heterocycles. The standard InChI is InChI=1S/C25H21N5/c26-20-13-19(14-27-15-20)25-23-11-6-10-22(18-7-2-1-3-8-18)24(23)17-30(29-25)16-21-9-4-5-12-28-21/h1-15H,16-17,26H2. The Morgan fingerprint density at radius 1 is 0.833 bits per heavy atom. The smallest absolute Gasteiger partial charge is 0.0996 e. The maximum absolute atomic E-state index is 6.02. The number of anilines is 1. The molecule has 0 amide bonds. The first-order chi connectivity index (χ1) is 14.8. The molecule has 2 N–H and O–H groups in total. The zero-order valence-corrected chi connectivity index (χ0v) is 16.4. The third kappa shape index (κ3) is 3.53. The minimum atomic E-state index is 0.623. The predicted molar refractivity (Wildman–Crippen MR) is 120 cm³/mol. The van der Waals surface area contributed by atoms with Crippen molar-refractivity contribution in [2.45, 2.75) is 13.1 Å². The summed E-state index contributed by atoms with van der Waals surface area (Å²) in [6, 6.07) is 24.7. The highest BCUT2D eigenvalue weighted by atomic mass is 15.5. The van der Waals surface area contributed by atoms with Gasteiger partial charge in [-0.25, -0.2) is 0 Å². The first kappa shape index (κ1) is 18.1. The summed E-state index contributed by atoms with van der Waals surface area (Å²) in [4.78, 5) is 8.76.